The Morgan fingerprint density at radius 2 is 2.17 bits per heavy atom. The maximum Gasteiger partial charge on any atom is 0.254 e. The summed E-state index contributed by atoms with van der Waals surface area (Å²) in [7, 11) is 0. The molecule has 2 aromatic rings. The maximum atomic E-state index is 13.0. The van der Waals surface area contributed by atoms with Crippen molar-refractivity contribution in [3.05, 3.63) is 51.7 Å². The van der Waals surface area contributed by atoms with Gasteiger partial charge in [-0.25, -0.2) is 0 Å². The van der Waals surface area contributed by atoms with Gasteiger partial charge in [-0.1, -0.05) is 13.0 Å². The highest BCUT2D eigenvalue weighted by Gasteiger charge is 2.30. The molecule has 4 nitrogen and oxygen atoms in total. The topological polar surface area (TPSA) is 49.4 Å². The van der Waals surface area contributed by atoms with Crippen LogP contribution in [0.2, 0.25) is 0 Å². The number of thiophene rings is 1. The second-order valence-electron chi connectivity index (χ2n) is 5.73. The molecule has 120 valence electrons. The second kappa shape index (κ2) is 6.54. The lowest BCUT2D eigenvalue weighted by atomic mass is 9.97. The predicted octanol–water partition coefficient (Wildman–Crippen LogP) is 3.86. The third-order valence-corrected chi connectivity index (χ3v) is 5.17. The monoisotopic (exact) mass is 328 g/mol. The molecular formula is C18H20N2O2S. The van der Waals surface area contributed by atoms with Crippen LogP contribution in [-0.4, -0.2) is 23.3 Å². The number of amides is 2. The highest BCUT2D eigenvalue weighted by Crippen LogP contribution is 2.36. The van der Waals surface area contributed by atoms with E-state index >= 15 is 0 Å². The summed E-state index contributed by atoms with van der Waals surface area (Å²) in [6.45, 7) is 4.32. The third kappa shape index (κ3) is 3.15. The van der Waals surface area contributed by atoms with Gasteiger partial charge in [-0.2, -0.15) is 0 Å². The van der Waals surface area contributed by atoms with E-state index in [2.05, 4.69) is 23.7 Å². The molecule has 3 rings (SSSR count). The fourth-order valence-electron chi connectivity index (χ4n) is 3.18. The number of rotatable bonds is 3. The number of nitrogens with one attached hydrogen (secondary N) is 1. The lowest BCUT2D eigenvalue weighted by molar-refractivity contribution is -0.114. The van der Waals surface area contributed by atoms with Gasteiger partial charge in [0.1, 0.15) is 0 Å². The smallest absolute Gasteiger partial charge is 0.254 e. The Morgan fingerprint density at radius 1 is 1.35 bits per heavy atom. The lowest BCUT2D eigenvalue weighted by Gasteiger charge is -2.35. The van der Waals surface area contributed by atoms with Crippen LogP contribution in [-0.2, 0) is 11.2 Å². The van der Waals surface area contributed by atoms with Crippen molar-refractivity contribution in [3.8, 4) is 0 Å². The molecule has 1 unspecified atom stereocenters. The Hall–Kier alpha value is -2.14. The molecule has 2 heterocycles. The van der Waals surface area contributed by atoms with E-state index in [9.17, 15) is 9.59 Å². The molecular weight excluding hydrogens is 308 g/mol. The number of hydrogen-bond donors (Lipinski definition) is 1. The Balaban J connectivity index is 1.87. The molecule has 1 N–H and O–H groups in total. The fraction of sp³-hybridized carbons (Fsp3) is 0.333. The van der Waals surface area contributed by atoms with Crippen molar-refractivity contribution >= 4 is 28.8 Å². The molecule has 0 saturated carbocycles. The number of carbonyl (C=O) groups is 2. The quantitative estimate of drug-likeness (QED) is 0.930. The Bertz CT molecular complexity index is 738. The number of nitrogens with zero attached hydrogens (tertiary/aromatic N) is 1. The molecule has 1 aromatic heterocycles. The van der Waals surface area contributed by atoms with Crippen LogP contribution in [0.5, 0.6) is 0 Å². The van der Waals surface area contributed by atoms with Crippen molar-refractivity contribution in [3.63, 3.8) is 0 Å². The number of hydrogen-bond acceptors (Lipinski definition) is 3. The number of carbonyl (C=O) groups excluding carboxylic acids is 2. The minimum atomic E-state index is -0.137. The maximum absolute atomic E-state index is 13.0. The zero-order valence-electron chi connectivity index (χ0n) is 13.3. The SMILES string of the molecule is CCC1c2ccsc2CCN1C(=O)c1cccc(NC(C)=O)c1. The average Bonchev–Trinajstić information content (AvgIpc) is 3.01. The van der Waals surface area contributed by atoms with Crippen LogP contribution < -0.4 is 5.32 Å². The summed E-state index contributed by atoms with van der Waals surface area (Å²) >= 11 is 1.78. The van der Waals surface area contributed by atoms with Gasteiger partial charge in [0, 0.05) is 29.6 Å². The van der Waals surface area contributed by atoms with Gasteiger partial charge in [-0.3, -0.25) is 9.59 Å². The van der Waals surface area contributed by atoms with E-state index in [0.717, 1.165) is 19.4 Å². The van der Waals surface area contributed by atoms with Gasteiger partial charge < -0.3 is 10.2 Å². The Labute approximate surface area is 140 Å². The summed E-state index contributed by atoms with van der Waals surface area (Å²) in [5, 5.41) is 4.84. The largest absolute Gasteiger partial charge is 0.331 e. The van der Waals surface area contributed by atoms with Gasteiger partial charge >= 0.3 is 0 Å². The first-order valence-corrected chi connectivity index (χ1v) is 8.73. The first kappa shape index (κ1) is 15.7. The van der Waals surface area contributed by atoms with Crippen molar-refractivity contribution in [1.82, 2.24) is 4.90 Å². The molecule has 1 aliphatic rings. The first-order chi connectivity index (χ1) is 11.1. The van der Waals surface area contributed by atoms with Gasteiger partial charge in [0.25, 0.3) is 5.91 Å². The summed E-state index contributed by atoms with van der Waals surface area (Å²) in [5.74, 6) is -0.108. The predicted molar refractivity (Wildman–Crippen MR) is 92.8 cm³/mol. The number of anilines is 1. The van der Waals surface area contributed by atoms with Gasteiger partial charge in [-0.05, 0) is 48.1 Å². The third-order valence-electron chi connectivity index (χ3n) is 4.17. The summed E-state index contributed by atoms with van der Waals surface area (Å²) < 4.78 is 0. The van der Waals surface area contributed by atoms with E-state index in [1.807, 2.05) is 11.0 Å². The van der Waals surface area contributed by atoms with Crippen molar-refractivity contribution in [2.24, 2.45) is 0 Å². The van der Waals surface area contributed by atoms with Crippen molar-refractivity contribution in [1.29, 1.82) is 0 Å². The molecule has 0 radical (unpaired) electrons. The van der Waals surface area contributed by atoms with E-state index in [4.69, 9.17) is 0 Å². The zero-order valence-corrected chi connectivity index (χ0v) is 14.2. The highest BCUT2D eigenvalue weighted by molar-refractivity contribution is 7.10. The van der Waals surface area contributed by atoms with E-state index in [-0.39, 0.29) is 17.9 Å². The van der Waals surface area contributed by atoms with Crippen molar-refractivity contribution in [2.75, 3.05) is 11.9 Å². The number of fused-ring (bicyclic) bond motifs is 1. The fourth-order valence-corrected chi connectivity index (χ4v) is 4.11. The zero-order chi connectivity index (χ0) is 16.4. The normalized spacial score (nSPS) is 16.8. The van der Waals surface area contributed by atoms with Crippen LogP contribution in [0.4, 0.5) is 5.69 Å². The van der Waals surface area contributed by atoms with Crippen LogP contribution in [0, 0.1) is 0 Å². The summed E-state index contributed by atoms with van der Waals surface area (Å²) in [4.78, 5) is 27.5. The molecule has 1 aliphatic heterocycles. The van der Waals surface area contributed by atoms with Gasteiger partial charge in [0.15, 0.2) is 0 Å². The van der Waals surface area contributed by atoms with Crippen molar-refractivity contribution in [2.45, 2.75) is 32.7 Å². The second-order valence-corrected chi connectivity index (χ2v) is 6.73. The van der Waals surface area contributed by atoms with Crippen LogP contribution in [0.3, 0.4) is 0 Å². The van der Waals surface area contributed by atoms with Gasteiger partial charge in [0.2, 0.25) is 5.91 Å². The standard InChI is InChI=1S/C18H20N2O2S/c1-3-16-15-8-10-23-17(15)7-9-20(16)18(22)13-5-4-6-14(11-13)19-12(2)21/h4-6,8,10-11,16H,3,7,9H2,1-2H3,(H,19,21). The van der Waals surface area contributed by atoms with E-state index in [0.29, 0.717) is 11.3 Å². The van der Waals surface area contributed by atoms with E-state index in [1.54, 1.807) is 29.5 Å². The van der Waals surface area contributed by atoms with Crippen molar-refractivity contribution < 1.29 is 9.59 Å². The molecule has 0 spiro atoms. The van der Waals surface area contributed by atoms with Crippen LogP contribution in [0.25, 0.3) is 0 Å². The molecule has 0 aliphatic carbocycles. The molecule has 0 saturated heterocycles. The lowest BCUT2D eigenvalue weighted by Crippen LogP contribution is -2.39. The molecule has 0 bridgehead atoms. The summed E-state index contributed by atoms with van der Waals surface area (Å²) in [6, 6.07) is 9.44. The summed E-state index contributed by atoms with van der Waals surface area (Å²) in [6.07, 6.45) is 1.82. The Kier molecular flexibility index (Phi) is 4.48. The molecule has 0 fully saturated rings. The number of benzene rings is 1. The first-order valence-electron chi connectivity index (χ1n) is 7.85. The van der Waals surface area contributed by atoms with E-state index < -0.39 is 0 Å². The molecule has 5 heteroatoms. The van der Waals surface area contributed by atoms with Crippen LogP contribution >= 0.6 is 11.3 Å². The van der Waals surface area contributed by atoms with Crippen LogP contribution in [0.15, 0.2) is 35.7 Å². The van der Waals surface area contributed by atoms with E-state index in [1.165, 1.54) is 17.4 Å². The summed E-state index contributed by atoms with van der Waals surface area (Å²) in [5.41, 5.74) is 2.56. The highest BCUT2D eigenvalue weighted by atomic mass is 32.1. The van der Waals surface area contributed by atoms with Gasteiger partial charge in [-0.15, -0.1) is 11.3 Å². The average molecular weight is 328 g/mol. The minimum absolute atomic E-state index is 0.0286. The molecule has 2 amide bonds. The molecule has 1 atom stereocenters. The molecule has 23 heavy (non-hydrogen) atoms. The molecule has 1 aromatic carbocycles. The van der Waals surface area contributed by atoms with Gasteiger partial charge in [0.05, 0.1) is 6.04 Å². The van der Waals surface area contributed by atoms with Crippen LogP contribution in [0.1, 0.15) is 47.1 Å². The Morgan fingerprint density at radius 3 is 2.91 bits per heavy atom. The minimum Gasteiger partial charge on any atom is -0.331 e.